The van der Waals surface area contributed by atoms with Crippen molar-refractivity contribution >= 4 is 5.97 Å². The van der Waals surface area contributed by atoms with Gasteiger partial charge in [0.15, 0.2) is 0 Å². The molecule has 0 spiro atoms. The summed E-state index contributed by atoms with van der Waals surface area (Å²) >= 11 is 0. The monoisotopic (exact) mass is 187 g/mol. The zero-order valence-electron chi connectivity index (χ0n) is 6.88. The Kier molecular flexibility index (Phi) is 2.89. The van der Waals surface area contributed by atoms with Crippen LogP contribution in [0, 0.1) is 11.8 Å². The third-order valence-corrected chi connectivity index (χ3v) is 1.44. The summed E-state index contributed by atoms with van der Waals surface area (Å²) in [5, 5.41) is 0. The Bertz CT molecular complexity index is 328. The zero-order valence-corrected chi connectivity index (χ0v) is 6.88. The fourth-order valence-corrected chi connectivity index (χ4v) is 0.816. The van der Waals surface area contributed by atoms with Crippen LogP contribution in [-0.2, 0) is 16.0 Å². The van der Waals surface area contributed by atoms with Crippen LogP contribution < -0.4 is 0 Å². The number of halogens is 2. The number of ether oxygens (including phenoxy) is 1. The summed E-state index contributed by atoms with van der Waals surface area (Å²) in [6.45, 7) is 0. The second kappa shape index (κ2) is 3.93. The maximum atomic E-state index is 12.8. The van der Waals surface area contributed by atoms with E-state index in [9.17, 15) is 13.6 Å². The first-order valence-electron chi connectivity index (χ1n) is 3.50. The van der Waals surface area contributed by atoms with E-state index in [0.717, 1.165) is 12.3 Å². The molecule has 1 rings (SSSR count). The Labute approximate surface area is 73.4 Å². The van der Waals surface area contributed by atoms with E-state index in [1.165, 1.54) is 7.11 Å². The largest absolute Gasteiger partial charge is 0.469 e. The van der Waals surface area contributed by atoms with E-state index in [2.05, 4.69) is 9.72 Å². The van der Waals surface area contributed by atoms with Crippen molar-refractivity contribution in [1.29, 1.82) is 0 Å². The highest BCUT2D eigenvalue weighted by atomic mass is 19.1. The van der Waals surface area contributed by atoms with E-state index in [1.807, 2.05) is 0 Å². The lowest BCUT2D eigenvalue weighted by molar-refractivity contribution is -0.139. The molecule has 1 aromatic rings. The van der Waals surface area contributed by atoms with Crippen LogP contribution in [-0.4, -0.2) is 18.1 Å². The van der Waals surface area contributed by atoms with Crippen LogP contribution in [0.5, 0.6) is 0 Å². The summed E-state index contributed by atoms with van der Waals surface area (Å²) in [7, 11) is 1.17. The average molecular weight is 187 g/mol. The van der Waals surface area contributed by atoms with Gasteiger partial charge in [0.05, 0.1) is 19.7 Å². The first kappa shape index (κ1) is 9.57. The first-order chi connectivity index (χ1) is 6.13. The number of nitrogens with zero attached hydrogens (tertiary/aromatic N) is 1. The molecular formula is C8H7F2NO2. The van der Waals surface area contributed by atoms with Crippen molar-refractivity contribution in [3.63, 3.8) is 0 Å². The molecule has 1 heterocycles. The van der Waals surface area contributed by atoms with Gasteiger partial charge in [0.2, 0.25) is 5.95 Å². The van der Waals surface area contributed by atoms with Crippen molar-refractivity contribution in [2.24, 2.45) is 0 Å². The molecule has 5 heteroatoms. The lowest BCUT2D eigenvalue weighted by Gasteiger charge is -2.00. The van der Waals surface area contributed by atoms with Crippen LogP contribution in [0.2, 0.25) is 0 Å². The maximum absolute atomic E-state index is 12.8. The van der Waals surface area contributed by atoms with Crippen LogP contribution in [0.3, 0.4) is 0 Å². The van der Waals surface area contributed by atoms with Gasteiger partial charge in [0.1, 0.15) is 5.82 Å². The molecule has 0 aromatic carbocycles. The molecule has 0 bridgehead atoms. The number of hydrogen-bond acceptors (Lipinski definition) is 3. The van der Waals surface area contributed by atoms with Gasteiger partial charge in [-0.05, 0) is 6.07 Å². The second-order valence-electron chi connectivity index (χ2n) is 2.36. The van der Waals surface area contributed by atoms with Gasteiger partial charge in [0, 0.05) is 5.56 Å². The summed E-state index contributed by atoms with van der Waals surface area (Å²) in [4.78, 5) is 13.8. The molecule has 13 heavy (non-hydrogen) atoms. The van der Waals surface area contributed by atoms with Crippen LogP contribution in [0.1, 0.15) is 5.56 Å². The molecule has 0 aliphatic carbocycles. The number of hydrogen-bond donors (Lipinski definition) is 0. The minimum Gasteiger partial charge on any atom is -0.469 e. The van der Waals surface area contributed by atoms with E-state index < -0.39 is 17.7 Å². The van der Waals surface area contributed by atoms with Gasteiger partial charge in [-0.3, -0.25) is 4.79 Å². The van der Waals surface area contributed by atoms with Crippen molar-refractivity contribution < 1.29 is 18.3 Å². The Hall–Kier alpha value is -1.52. The first-order valence-corrected chi connectivity index (χ1v) is 3.50. The van der Waals surface area contributed by atoms with Crippen molar-refractivity contribution in [2.75, 3.05) is 7.11 Å². The predicted molar refractivity (Wildman–Crippen MR) is 39.9 cm³/mol. The minimum atomic E-state index is -0.855. The minimum absolute atomic E-state index is 0.105. The van der Waals surface area contributed by atoms with E-state index >= 15 is 0 Å². The summed E-state index contributed by atoms with van der Waals surface area (Å²) in [5.41, 5.74) is -0.105. The molecule has 0 saturated carbocycles. The van der Waals surface area contributed by atoms with Crippen LogP contribution in [0.15, 0.2) is 12.3 Å². The topological polar surface area (TPSA) is 39.2 Å². The van der Waals surface area contributed by atoms with Gasteiger partial charge in [-0.15, -0.1) is 0 Å². The Morgan fingerprint density at radius 1 is 1.62 bits per heavy atom. The number of methoxy groups -OCH3 is 1. The molecule has 3 nitrogen and oxygen atoms in total. The number of esters is 1. The number of carbonyl (C=O) groups excluding carboxylic acids is 1. The normalized spacial score (nSPS) is 9.77. The number of rotatable bonds is 2. The summed E-state index contributed by atoms with van der Waals surface area (Å²) in [6, 6.07) is 0.916. The third kappa shape index (κ3) is 2.47. The van der Waals surface area contributed by atoms with Crippen LogP contribution in [0.4, 0.5) is 8.78 Å². The van der Waals surface area contributed by atoms with Crippen LogP contribution in [0.25, 0.3) is 0 Å². The average Bonchev–Trinajstić information content (AvgIpc) is 2.11. The van der Waals surface area contributed by atoms with Gasteiger partial charge >= 0.3 is 5.97 Å². The van der Waals surface area contributed by atoms with E-state index in [0.29, 0.717) is 0 Å². The third-order valence-electron chi connectivity index (χ3n) is 1.44. The lowest BCUT2D eigenvalue weighted by Crippen LogP contribution is -2.07. The molecule has 0 atom stereocenters. The van der Waals surface area contributed by atoms with E-state index in [4.69, 9.17) is 0 Å². The summed E-state index contributed by atoms with van der Waals surface area (Å²) < 4.78 is 29.6. The lowest BCUT2D eigenvalue weighted by atomic mass is 10.2. The standard InChI is InChI=1S/C8H7F2NO2/c1-13-7(12)3-5-2-6(9)4-11-8(5)10/h2,4H,3H2,1H3. The predicted octanol–water partition coefficient (Wildman–Crippen LogP) is 1.08. The van der Waals surface area contributed by atoms with Gasteiger partial charge in [-0.1, -0.05) is 0 Å². The molecule has 0 unspecified atom stereocenters. The molecule has 70 valence electrons. The second-order valence-corrected chi connectivity index (χ2v) is 2.36. The fraction of sp³-hybridized carbons (Fsp3) is 0.250. The van der Waals surface area contributed by atoms with Crippen molar-refractivity contribution in [3.8, 4) is 0 Å². The molecule has 0 radical (unpaired) electrons. The SMILES string of the molecule is COC(=O)Cc1cc(F)cnc1F. The molecule has 0 saturated heterocycles. The molecule has 0 N–H and O–H groups in total. The fourth-order valence-electron chi connectivity index (χ4n) is 0.816. The quantitative estimate of drug-likeness (QED) is 0.513. The highest BCUT2D eigenvalue weighted by Crippen LogP contribution is 2.07. The van der Waals surface area contributed by atoms with Gasteiger partial charge < -0.3 is 4.74 Å². The van der Waals surface area contributed by atoms with Gasteiger partial charge in [0.25, 0.3) is 0 Å². The number of pyridine rings is 1. The highest BCUT2D eigenvalue weighted by Gasteiger charge is 2.10. The smallest absolute Gasteiger partial charge is 0.310 e. The van der Waals surface area contributed by atoms with Crippen molar-refractivity contribution in [3.05, 3.63) is 29.6 Å². The maximum Gasteiger partial charge on any atom is 0.310 e. The molecule has 0 fully saturated rings. The van der Waals surface area contributed by atoms with Crippen molar-refractivity contribution in [1.82, 2.24) is 4.98 Å². The summed E-state index contributed by atoms with van der Waals surface area (Å²) in [5.74, 6) is -2.17. The molecule has 0 aliphatic rings. The molecule has 1 aromatic heterocycles. The highest BCUT2D eigenvalue weighted by molar-refractivity contribution is 5.72. The number of carbonyl (C=O) groups is 1. The zero-order chi connectivity index (χ0) is 9.84. The Morgan fingerprint density at radius 3 is 2.92 bits per heavy atom. The van der Waals surface area contributed by atoms with Crippen LogP contribution >= 0.6 is 0 Å². The van der Waals surface area contributed by atoms with Gasteiger partial charge in [-0.2, -0.15) is 4.39 Å². The molecular weight excluding hydrogens is 180 g/mol. The van der Waals surface area contributed by atoms with Crippen molar-refractivity contribution in [2.45, 2.75) is 6.42 Å². The van der Waals surface area contributed by atoms with Gasteiger partial charge in [-0.25, -0.2) is 9.37 Å². The number of aromatic nitrogens is 1. The Morgan fingerprint density at radius 2 is 2.31 bits per heavy atom. The van der Waals surface area contributed by atoms with E-state index in [-0.39, 0.29) is 12.0 Å². The van der Waals surface area contributed by atoms with E-state index in [1.54, 1.807) is 0 Å². The summed E-state index contributed by atoms with van der Waals surface area (Å²) in [6.07, 6.45) is 0.434. The molecule has 0 aliphatic heterocycles. The Balaban J connectivity index is 2.87. The molecule has 0 amide bonds.